The van der Waals surface area contributed by atoms with Crippen molar-refractivity contribution in [1.29, 1.82) is 0 Å². The molecule has 73 heavy (non-hydrogen) atoms. The quantitative estimate of drug-likeness (QED) is 0.119. The van der Waals surface area contributed by atoms with Gasteiger partial charge in [0.2, 0.25) is 0 Å². The van der Waals surface area contributed by atoms with Crippen LogP contribution in [0.25, 0.3) is 154 Å². The van der Waals surface area contributed by atoms with Crippen LogP contribution in [0.5, 0.6) is 0 Å². The molecular formula is C73H46. The number of rotatable bonds is 5. The van der Waals surface area contributed by atoms with Crippen molar-refractivity contribution >= 4 is 64.6 Å². The Morgan fingerprint density at radius 2 is 0.658 bits per heavy atom. The summed E-state index contributed by atoms with van der Waals surface area (Å²) in [4.78, 5) is 0. The van der Waals surface area contributed by atoms with Gasteiger partial charge in [-0.2, -0.15) is 0 Å². The molecular weight excluding hydrogens is 877 g/mol. The maximum absolute atomic E-state index is 2.58. The normalized spacial score (nSPS) is 13.2. The molecule has 14 aromatic rings. The summed E-state index contributed by atoms with van der Waals surface area (Å²) in [5.74, 6) is 0. The fraction of sp³-hybridized carbons (Fsp3) is 0.0411. The van der Waals surface area contributed by atoms with Gasteiger partial charge in [0, 0.05) is 5.41 Å². The van der Waals surface area contributed by atoms with Crippen LogP contribution >= 0.6 is 0 Å². The Bertz CT molecular complexity index is 4470. The van der Waals surface area contributed by atoms with Gasteiger partial charge in [0.1, 0.15) is 0 Å². The van der Waals surface area contributed by atoms with E-state index in [9.17, 15) is 0 Å². The maximum Gasteiger partial charge on any atom is 0.0159 e. The van der Waals surface area contributed by atoms with Crippen LogP contribution in [0.15, 0.2) is 243 Å². The molecule has 0 radical (unpaired) electrons. The van der Waals surface area contributed by atoms with Crippen LogP contribution in [0.2, 0.25) is 0 Å². The van der Waals surface area contributed by atoms with Gasteiger partial charge >= 0.3 is 0 Å². The van der Waals surface area contributed by atoms with Crippen LogP contribution in [-0.2, 0) is 5.41 Å². The number of hydrogen-bond donors (Lipinski definition) is 0. The van der Waals surface area contributed by atoms with E-state index in [-0.39, 0.29) is 5.41 Å². The SMILES string of the molecule is CC1(C)c2cc(-c3c(-c4ccccc4)cccc3-c3ccccc3)ccc2-c2c1cc1c3ccc4c5c(ccc(c6cccc2c61)c53)-c1cc2c(-c3ccccc3)c3ccccc3c(-c3ccccc3)c2cc1-4. The van der Waals surface area contributed by atoms with E-state index in [0.717, 1.165) is 0 Å². The van der Waals surface area contributed by atoms with Crippen LogP contribution in [0, 0.1) is 0 Å². The minimum absolute atomic E-state index is 0.252. The third-order valence-electron chi connectivity index (χ3n) is 16.9. The molecule has 0 atom stereocenters. The van der Waals surface area contributed by atoms with Crippen LogP contribution in [-0.4, -0.2) is 0 Å². The molecule has 0 aliphatic heterocycles. The third kappa shape index (κ3) is 5.56. The summed E-state index contributed by atoms with van der Waals surface area (Å²) in [6, 6.07) is 91.4. The standard InChI is InChI=1S/C73H46/c1-73(2)64-39-47(68-48(43-19-7-3-8-20-43)29-17-30-49(68)44-21-9-4-10-22-44)33-34-57(64)70-58-32-18-31-52-53-35-36-54-59-40-61-62(41-60(59)55-37-38-56(71(53)72(54)55)63(69(52)58)42-65(70)73)67(46-25-13-6-14-26-46)51-28-16-15-27-50(51)66(61)45-23-11-5-12-24-45/h3-42H,1-2H3. The van der Waals surface area contributed by atoms with E-state index in [2.05, 4.69) is 257 Å². The van der Waals surface area contributed by atoms with E-state index in [1.54, 1.807) is 0 Å². The summed E-state index contributed by atoms with van der Waals surface area (Å²) >= 11 is 0. The van der Waals surface area contributed by atoms with Crippen molar-refractivity contribution in [3.63, 3.8) is 0 Å². The molecule has 0 saturated heterocycles. The Kier molecular flexibility index (Phi) is 8.33. The molecule has 2 aliphatic carbocycles. The van der Waals surface area contributed by atoms with Gasteiger partial charge in [0.15, 0.2) is 0 Å². The smallest absolute Gasteiger partial charge is 0.0159 e. The molecule has 0 aromatic heterocycles. The van der Waals surface area contributed by atoms with E-state index in [4.69, 9.17) is 0 Å². The molecule has 0 spiro atoms. The highest BCUT2D eigenvalue weighted by Crippen LogP contribution is 2.59. The van der Waals surface area contributed by atoms with E-state index >= 15 is 0 Å². The zero-order valence-corrected chi connectivity index (χ0v) is 40.6. The first-order valence-electron chi connectivity index (χ1n) is 25.7. The van der Waals surface area contributed by atoms with Crippen molar-refractivity contribution in [3.05, 3.63) is 254 Å². The Labute approximate surface area is 424 Å². The first-order chi connectivity index (χ1) is 36.0. The summed E-state index contributed by atoms with van der Waals surface area (Å²) < 4.78 is 0. The highest BCUT2D eigenvalue weighted by Gasteiger charge is 2.38. The minimum atomic E-state index is -0.252. The van der Waals surface area contributed by atoms with Gasteiger partial charge in [-0.25, -0.2) is 0 Å². The van der Waals surface area contributed by atoms with Crippen LogP contribution in [0.3, 0.4) is 0 Å². The molecule has 0 nitrogen and oxygen atoms in total. The van der Waals surface area contributed by atoms with Gasteiger partial charge < -0.3 is 0 Å². The molecule has 0 amide bonds. The van der Waals surface area contributed by atoms with Crippen molar-refractivity contribution < 1.29 is 0 Å². The number of fused-ring (bicyclic) bond motifs is 11. The largest absolute Gasteiger partial charge is 0.0622 e. The average molecular weight is 923 g/mol. The van der Waals surface area contributed by atoms with Crippen molar-refractivity contribution in [3.8, 4) is 89.0 Å². The molecule has 0 N–H and O–H groups in total. The van der Waals surface area contributed by atoms with E-state index < -0.39 is 0 Å². The van der Waals surface area contributed by atoms with Crippen LogP contribution in [0.1, 0.15) is 25.0 Å². The summed E-state index contributed by atoms with van der Waals surface area (Å²) in [6.45, 7) is 4.90. The second-order valence-corrected chi connectivity index (χ2v) is 21.0. The molecule has 0 unspecified atom stereocenters. The molecule has 16 rings (SSSR count). The Balaban J connectivity index is 0.932. The highest BCUT2D eigenvalue weighted by molar-refractivity contribution is 6.39. The van der Waals surface area contributed by atoms with Gasteiger partial charge in [-0.3, -0.25) is 0 Å². The molecule has 0 heterocycles. The van der Waals surface area contributed by atoms with E-state index in [1.165, 1.54) is 165 Å². The summed E-state index contributed by atoms with van der Waals surface area (Å²) in [7, 11) is 0. The van der Waals surface area contributed by atoms with Crippen LogP contribution in [0.4, 0.5) is 0 Å². The van der Waals surface area contributed by atoms with Gasteiger partial charge in [-0.15, -0.1) is 0 Å². The lowest BCUT2D eigenvalue weighted by atomic mass is 9.79. The summed E-state index contributed by atoms with van der Waals surface area (Å²) in [5.41, 5.74) is 23.0. The Morgan fingerprint density at radius 3 is 1.22 bits per heavy atom. The monoisotopic (exact) mass is 922 g/mol. The summed E-state index contributed by atoms with van der Waals surface area (Å²) in [6.07, 6.45) is 0. The topological polar surface area (TPSA) is 0 Å². The second kappa shape index (κ2) is 15.0. The van der Waals surface area contributed by atoms with Crippen LogP contribution < -0.4 is 0 Å². The predicted octanol–water partition coefficient (Wildman–Crippen LogP) is 20.3. The van der Waals surface area contributed by atoms with Gasteiger partial charge in [-0.1, -0.05) is 232 Å². The van der Waals surface area contributed by atoms with Crippen molar-refractivity contribution in [2.45, 2.75) is 19.3 Å². The van der Waals surface area contributed by atoms with Gasteiger partial charge in [0.25, 0.3) is 0 Å². The predicted molar refractivity (Wildman–Crippen MR) is 312 cm³/mol. The van der Waals surface area contributed by atoms with Crippen molar-refractivity contribution in [1.82, 2.24) is 0 Å². The lowest BCUT2D eigenvalue weighted by Gasteiger charge is -2.24. The van der Waals surface area contributed by atoms with Crippen molar-refractivity contribution in [2.24, 2.45) is 0 Å². The van der Waals surface area contributed by atoms with Gasteiger partial charge in [-0.05, 0) is 189 Å². The third-order valence-corrected chi connectivity index (χ3v) is 16.9. The first kappa shape index (κ1) is 40.6. The molecule has 14 aromatic carbocycles. The lowest BCUT2D eigenvalue weighted by Crippen LogP contribution is -2.15. The second-order valence-electron chi connectivity index (χ2n) is 21.0. The Morgan fingerprint density at radius 1 is 0.205 bits per heavy atom. The zero-order valence-electron chi connectivity index (χ0n) is 40.6. The van der Waals surface area contributed by atoms with Crippen molar-refractivity contribution in [2.75, 3.05) is 0 Å². The molecule has 0 bridgehead atoms. The highest BCUT2D eigenvalue weighted by atomic mass is 14.4. The fourth-order valence-electron chi connectivity index (χ4n) is 13.8. The molecule has 0 heteroatoms. The van der Waals surface area contributed by atoms with Gasteiger partial charge in [0.05, 0.1) is 0 Å². The first-order valence-corrected chi connectivity index (χ1v) is 25.7. The molecule has 2 aliphatic rings. The summed E-state index contributed by atoms with van der Waals surface area (Å²) in [5, 5.41) is 15.9. The fourth-order valence-corrected chi connectivity index (χ4v) is 13.8. The van der Waals surface area contributed by atoms with E-state index in [1.807, 2.05) is 0 Å². The minimum Gasteiger partial charge on any atom is -0.0622 e. The maximum atomic E-state index is 2.58. The molecule has 0 fully saturated rings. The number of hydrogen-bond acceptors (Lipinski definition) is 0. The molecule has 338 valence electrons. The van der Waals surface area contributed by atoms with E-state index in [0.29, 0.717) is 0 Å². The number of benzene rings is 14. The zero-order chi connectivity index (χ0) is 48.1. The molecule has 0 saturated carbocycles. The average Bonchev–Trinajstić information content (AvgIpc) is 3.89. The lowest BCUT2D eigenvalue weighted by molar-refractivity contribution is 0.662. The Hall–Kier alpha value is -9.10.